The normalized spacial score (nSPS) is 16.8. The molecule has 15 heavy (non-hydrogen) atoms. The first kappa shape index (κ1) is 12.0. The van der Waals surface area contributed by atoms with E-state index in [0.717, 1.165) is 6.92 Å². The number of hydrogen-bond donors (Lipinski definition) is 1. The molecule has 1 rings (SSSR count). The van der Waals surface area contributed by atoms with Gasteiger partial charge in [-0.2, -0.15) is 18.2 Å². The summed E-state index contributed by atoms with van der Waals surface area (Å²) >= 11 is 0. The lowest BCUT2D eigenvalue weighted by Gasteiger charge is -2.22. The van der Waals surface area contributed by atoms with Crippen LogP contribution in [0.5, 0.6) is 0 Å². The van der Waals surface area contributed by atoms with Gasteiger partial charge in [-0.1, -0.05) is 19.0 Å². The predicted molar refractivity (Wildman–Crippen MR) is 46.0 cm³/mol. The Morgan fingerprint density at radius 3 is 2.20 bits per heavy atom. The number of alkyl halides is 3. The maximum atomic E-state index is 12.5. The van der Waals surface area contributed by atoms with Gasteiger partial charge < -0.3 is 10.3 Å². The SMILES string of the molecule is CC(C)c1noc(C(C)(N)C(F)(F)F)n1. The van der Waals surface area contributed by atoms with Gasteiger partial charge in [0.2, 0.25) is 0 Å². The fraction of sp³-hybridized carbons (Fsp3) is 0.750. The average molecular weight is 223 g/mol. The number of rotatable bonds is 2. The van der Waals surface area contributed by atoms with Crippen LogP contribution in [0.1, 0.15) is 38.4 Å². The lowest BCUT2D eigenvalue weighted by molar-refractivity contribution is -0.190. The van der Waals surface area contributed by atoms with Gasteiger partial charge in [-0.05, 0) is 6.92 Å². The summed E-state index contributed by atoms with van der Waals surface area (Å²) in [6.07, 6.45) is -4.62. The molecule has 0 spiro atoms. The number of nitrogens with two attached hydrogens (primary N) is 1. The molecule has 1 heterocycles. The predicted octanol–water partition coefficient (Wildman–Crippen LogP) is 1.93. The monoisotopic (exact) mass is 223 g/mol. The highest BCUT2D eigenvalue weighted by atomic mass is 19.4. The molecular weight excluding hydrogens is 211 g/mol. The summed E-state index contributed by atoms with van der Waals surface area (Å²) in [5.74, 6) is -0.504. The molecule has 0 saturated carbocycles. The van der Waals surface area contributed by atoms with E-state index in [9.17, 15) is 13.2 Å². The summed E-state index contributed by atoms with van der Waals surface area (Å²) in [7, 11) is 0. The fourth-order valence-corrected chi connectivity index (χ4v) is 0.802. The summed E-state index contributed by atoms with van der Waals surface area (Å²) < 4.78 is 41.9. The molecule has 1 aromatic heterocycles. The standard InChI is InChI=1S/C8H12F3N3O/c1-4(2)5-13-6(15-14-5)7(3,12)8(9,10)11/h4H,12H2,1-3H3. The van der Waals surface area contributed by atoms with Crippen LogP contribution in [-0.4, -0.2) is 16.3 Å². The molecule has 0 radical (unpaired) electrons. The van der Waals surface area contributed by atoms with Crippen LogP contribution in [0.15, 0.2) is 4.52 Å². The molecule has 0 aliphatic carbocycles. The van der Waals surface area contributed by atoms with E-state index in [0.29, 0.717) is 0 Å². The average Bonchev–Trinajstić information content (AvgIpc) is 2.49. The minimum atomic E-state index is -4.62. The second-order valence-electron chi connectivity index (χ2n) is 3.81. The Morgan fingerprint density at radius 1 is 1.33 bits per heavy atom. The molecule has 1 aromatic rings. The van der Waals surface area contributed by atoms with E-state index in [-0.39, 0.29) is 11.7 Å². The highest BCUT2D eigenvalue weighted by Gasteiger charge is 2.53. The third kappa shape index (κ3) is 2.11. The highest BCUT2D eigenvalue weighted by molar-refractivity contribution is 5.05. The number of nitrogens with zero attached hydrogens (tertiary/aromatic N) is 2. The maximum absolute atomic E-state index is 12.5. The molecular formula is C8H12F3N3O. The Bertz CT molecular complexity index is 343. The van der Waals surface area contributed by atoms with Crippen molar-refractivity contribution in [2.75, 3.05) is 0 Å². The van der Waals surface area contributed by atoms with Gasteiger partial charge in [0, 0.05) is 5.92 Å². The number of aromatic nitrogens is 2. The Morgan fingerprint density at radius 2 is 1.87 bits per heavy atom. The second kappa shape index (κ2) is 3.48. The zero-order valence-electron chi connectivity index (χ0n) is 8.59. The van der Waals surface area contributed by atoms with Crippen molar-refractivity contribution in [2.45, 2.75) is 38.4 Å². The van der Waals surface area contributed by atoms with Crippen LogP contribution in [0.3, 0.4) is 0 Å². The van der Waals surface area contributed by atoms with Crippen LogP contribution in [-0.2, 0) is 5.54 Å². The molecule has 0 aliphatic heterocycles. The molecule has 0 aromatic carbocycles. The van der Waals surface area contributed by atoms with Gasteiger partial charge in [-0.25, -0.2) is 0 Å². The van der Waals surface area contributed by atoms with Crippen molar-refractivity contribution in [1.29, 1.82) is 0 Å². The van der Waals surface area contributed by atoms with Crippen LogP contribution in [0.4, 0.5) is 13.2 Å². The Balaban J connectivity index is 3.06. The first-order chi connectivity index (χ1) is 6.66. The molecule has 86 valence electrons. The van der Waals surface area contributed by atoms with E-state index in [2.05, 4.69) is 14.7 Å². The summed E-state index contributed by atoms with van der Waals surface area (Å²) in [5.41, 5.74) is 2.50. The summed E-state index contributed by atoms with van der Waals surface area (Å²) in [6.45, 7) is 4.29. The molecule has 2 N–H and O–H groups in total. The van der Waals surface area contributed by atoms with E-state index in [4.69, 9.17) is 5.73 Å². The zero-order valence-corrected chi connectivity index (χ0v) is 8.59. The smallest absolute Gasteiger partial charge is 0.337 e. The molecule has 0 aliphatic rings. The molecule has 1 atom stereocenters. The van der Waals surface area contributed by atoms with E-state index < -0.39 is 17.6 Å². The molecule has 0 fully saturated rings. The zero-order chi connectivity index (χ0) is 11.9. The quantitative estimate of drug-likeness (QED) is 0.831. The molecule has 0 amide bonds. The summed E-state index contributed by atoms with van der Waals surface area (Å²) in [6, 6.07) is 0. The minimum absolute atomic E-state index is 0.105. The molecule has 4 nitrogen and oxygen atoms in total. The van der Waals surface area contributed by atoms with Crippen molar-refractivity contribution in [2.24, 2.45) is 5.73 Å². The third-order valence-corrected chi connectivity index (χ3v) is 1.99. The van der Waals surface area contributed by atoms with Crippen molar-refractivity contribution in [3.63, 3.8) is 0 Å². The van der Waals surface area contributed by atoms with E-state index in [1.165, 1.54) is 0 Å². The summed E-state index contributed by atoms with van der Waals surface area (Å²) in [5, 5.41) is 3.43. The van der Waals surface area contributed by atoms with Crippen LogP contribution >= 0.6 is 0 Å². The largest absolute Gasteiger partial charge is 0.415 e. The van der Waals surface area contributed by atoms with Crippen molar-refractivity contribution >= 4 is 0 Å². The highest BCUT2D eigenvalue weighted by Crippen LogP contribution is 2.35. The molecule has 0 bridgehead atoms. The van der Waals surface area contributed by atoms with Gasteiger partial charge in [0.15, 0.2) is 11.4 Å². The van der Waals surface area contributed by atoms with E-state index >= 15 is 0 Å². The lowest BCUT2D eigenvalue weighted by atomic mass is 10.0. The second-order valence-corrected chi connectivity index (χ2v) is 3.81. The van der Waals surface area contributed by atoms with Crippen molar-refractivity contribution in [3.8, 4) is 0 Å². The lowest BCUT2D eigenvalue weighted by Crippen LogP contribution is -2.48. The van der Waals surface area contributed by atoms with Gasteiger partial charge in [0.25, 0.3) is 5.89 Å². The maximum Gasteiger partial charge on any atom is 0.415 e. The topological polar surface area (TPSA) is 64.9 Å². The molecule has 7 heteroatoms. The van der Waals surface area contributed by atoms with E-state index in [1.54, 1.807) is 13.8 Å². The van der Waals surface area contributed by atoms with Gasteiger partial charge in [0.05, 0.1) is 0 Å². The third-order valence-electron chi connectivity index (χ3n) is 1.99. The van der Waals surface area contributed by atoms with Crippen molar-refractivity contribution < 1.29 is 17.7 Å². The minimum Gasteiger partial charge on any atom is -0.337 e. The van der Waals surface area contributed by atoms with Crippen LogP contribution < -0.4 is 5.73 Å². The van der Waals surface area contributed by atoms with Crippen LogP contribution in [0.2, 0.25) is 0 Å². The van der Waals surface area contributed by atoms with Gasteiger partial charge >= 0.3 is 6.18 Å². The first-order valence-corrected chi connectivity index (χ1v) is 4.36. The van der Waals surface area contributed by atoms with Crippen LogP contribution in [0.25, 0.3) is 0 Å². The Hall–Kier alpha value is -1.11. The van der Waals surface area contributed by atoms with E-state index in [1.807, 2.05) is 0 Å². The van der Waals surface area contributed by atoms with Crippen LogP contribution in [0, 0.1) is 0 Å². The molecule has 1 unspecified atom stereocenters. The van der Waals surface area contributed by atoms with Crippen molar-refractivity contribution in [3.05, 3.63) is 11.7 Å². The molecule has 0 saturated heterocycles. The Kier molecular flexibility index (Phi) is 2.77. The fourth-order valence-electron chi connectivity index (χ4n) is 0.802. The first-order valence-electron chi connectivity index (χ1n) is 4.36. The van der Waals surface area contributed by atoms with Gasteiger partial charge in [-0.3, -0.25) is 0 Å². The number of halogens is 3. The number of hydrogen-bond acceptors (Lipinski definition) is 4. The van der Waals surface area contributed by atoms with Gasteiger partial charge in [-0.15, -0.1) is 0 Å². The Labute approximate surface area is 84.6 Å². The van der Waals surface area contributed by atoms with Crippen molar-refractivity contribution in [1.82, 2.24) is 10.1 Å². The van der Waals surface area contributed by atoms with Gasteiger partial charge in [0.1, 0.15) is 0 Å². The summed E-state index contributed by atoms with van der Waals surface area (Å²) in [4.78, 5) is 3.63.